The fourth-order valence-electron chi connectivity index (χ4n) is 2.51. The number of nitrogens with one attached hydrogen (secondary N) is 1. The molecule has 72 valence electrons. The van der Waals surface area contributed by atoms with Gasteiger partial charge in [-0.15, -0.1) is 0 Å². The highest BCUT2D eigenvalue weighted by Gasteiger charge is 2.46. The Balaban J connectivity index is 1.74. The summed E-state index contributed by atoms with van der Waals surface area (Å²) >= 11 is 0. The zero-order valence-electron chi connectivity index (χ0n) is 7.83. The lowest BCUT2D eigenvalue weighted by molar-refractivity contribution is -0.129. The Labute approximate surface area is 78.5 Å². The van der Waals surface area contributed by atoms with Crippen molar-refractivity contribution in [2.75, 3.05) is 13.2 Å². The molecule has 0 radical (unpaired) electrons. The maximum absolute atomic E-state index is 11.5. The molecule has 0 bridgehead atoms. The van der Waals surface area contributed by atoms with Crippen molar-refractivity contribution in [3.63, 3.8) is 0 Å². The van der Waals surface area contributed by atoms with E-state index in [-0.39, 0.29) is 0 Å². The Morgan fingerprint density at radius 1 is 1.23 bits per heavy atom. The van der Waals surface area contributed by atoms with Gasteiger partial charge in [0.15, 0.2) is 0 Å². The minimum atomic E-state index is 0.323. The van der Waals surface area contributed by atoms with Gasteiger partial charge in [-0.2, -0.15) is 0 Å². The lowest BCUT2D eigenvalue weighted by Gasteiger charge is -2.27. The van der Waals surface area contributed by atoms with Gasteiger partial charge in [-0.3, -0.25) is 10.1 Å². The van der Waals surface area contributed by atoms with Gasteiger partial charge in [-0.1, -0.05) is 0 Å². The van der Waals surface area contributed by atoms with E-state index in [4.69, 9.17) is 0 Å². The van der Waals surface area contributed by atoms with Crippen molar-refractivity contribution in [2.24, 2.45) is 11.8 Å². The Kier molecular flexibility index (Phi) is 1.62. The molecular weight excluding hydrogens is 164 g/mol. The summed E-state index contributed by atoms with van der Waals surface area (Å²) in [5, 5.41) is 3.14. The molecular formula is C10H16N2O. The van der Waals surface area contributed by atoms with Crippen LogP contribution in [0.15, 0.2) is 0 Å². The van der Waals surface area contributed by atoms with E-state index >= 15 is 0 Å². The van der Waals surface area contributed by atoms with Crippen molar-refractivity contribution >= 4 is 5.91 Å². The Morgan fingerprint density at radius 3 is 2.23 bits per heavy atom. The van der Waals surface area contributed by atoms with Gasteiger partial charge in [0.05, 0.1) is 13.2 Å². The van der Waals surface area contributed by atoms with E-state index in [2.05, 4.69) is 10.2 Å². The monoisotopic (exact) mass is 180 g/mol. The van der Waals surface area contributed by atoms with E-state index in [9.17, 15) is 4.79 Å². The third-order valence-corrected chi connectivity index (χ3v) is 3.45. The summed E-state index contributed by atoms with van der Waals surface area (Å²) in [5.41, 5.74) is 0. The predicted octanol–water partition coefficient (Wildman–Crippen LogP) is 0.564. The van der Waals surface area contributed by atoms with Crippen LogP contribution in [-0.2, 0) is 4.79 Å². The minimum absolute atomic E-state index is 0.323. The van der Waals surface area contributed by atoms with E-state index < -0.39 is 0 Å². The summed E-state index contributed by atoms with van der Waals surface area (Å²) in [6, 6.07) is 0.600. The summed E-state index contributed by atoms with van der Waals surface area (Å²) in [6.45, 7) is 1.37. The van der Waals surface area contributed by atoms with Crippen LogP contribution in [0.2, 0.25) is 0 Å². The van der Waals surface area contributed by atoms with E-state index in [1.807, 2.05) is 0 Å². The Bertz CT molecular complexity index is 221. The molecule has 3 nitrogen and oxygen atoms in total. The first-order valence-corrected chi connectivity index (χ1v) is 5.36. The standard InChI is InChI=1S/C10H16N2O/c13-9-5-11-6-12(9)10(7-1-2-7)8-3-4-8/h7-8,10-11H,1-6H2. The molecule has 13 heavy (non-hydrogen) atoms. The number of carbonyl (C=O) groups excluding carboxylic acids is 1. The summed E-state index contributed by atoms with van der Waals surface area (Å²) in [5.74, 6) is 2.01. The summed E-state index contributed by atoms with van der Waals surface area (Å²) in [6.07, 6.45) is 5.41. The maximum atomic E-state index is 11.5. The molecule has 0 atom stereocenters. The quantitative estimate of drug-likeness (QED) is 0.688. The van der Waals surface area contributed by atoms with Crippen LogP contribution in [0.1, 0.15) is 25.7 Å². The van der Waals surface area contributed by atoms with Crippen LogP contribution in [0.4, 0.5) is 0 Å². The van der Waals surface area contributed by atoms with Crippen LogP contribution in [0, 0.1) is 11.8 Å². The summed E-state index contributed by atoms with van der Waals surface area (Å²) in [4.78, 5) is 13.6. The second-order valence-corrected chi connectivity index (χ2v) is 4.61. The molecule has 3 fully saturated rings. The zero-order chi connectivity index (χ0) is 8.84. The van der Waals surface area contributed by atoms with Gasteiger partial charge >= 0.3 is 0 Å². The number of hydrogen-bond donors (Lipinski definition) is 1. The van der Waals surface area contributed by atoms with Crippen molar-refractivity contribution in [3.05, 3.63) is 0 Å². The molecule has 3 aliphatic rings. The first-order chi connectivity index (χ1) is 6.36. The van der Waals surface area contributed by atoms with E-state index in [0.29, 0.717) is 18.5 Å². The molecule has 3 rings (SSSR count). The fourth-order valence-corrected chi connectivity index (χ4v) is 2.51. The van der Waals surface area contributed by atoms with Gasteiger partial charge in [0, 0.05) is 6.04 Å². The van der Waals surface area contributed by atoms with Crippen LogP contribution in [-0.4, -0.2) is 30.1 Å². The first kappa shape index (κ1) is 7.80. The van der Waals surface area contributed by atoms with E-state index in [1.54, 1.807) is 0 Å². The van der Waals surface area contributed by atoms with Gasteiger partial charge in [0.2, 0.25) is 5.91 Å². The lowest BCUT2D eigenvalue weighted by atomic mass is 10.1. The van der Waals surface area contributed by atoms with Crippen molar-refractivity contribution in [1.29, 1.82) is 0 Å². The first-order valence-electron chi connectivity index (χ1n) is 5.36. The Hall–Kier alpha value is -0.570. The molecule has 0 spiro atoms. The third-order valence-electron chi connectivity index (χ3n) is 3.45. The highest BCUT2D eigenvalue weighted by Crippen LogP contribution is 2.47. The van der Waals surface area contributed by atoms with Crippen molar-refractivity contribution in [2.45, 2.75) is 31.7 Å². The number of amides is 1. The average molecular weight is 180 g/mol. The molecule has 0 unspecified atom stereocenters. The molecule has 1 amide bonds. The van der Waals surface area contributed by atoms with Gasteiger partial charge < -0.3 is 4.90 Å². The minimum Gasteiger partial charge on any atom is -0.325 e. The van der Waals surface area contributed by atoms with Gasteiger partial charge in [-0.05, 0) is 37.5 Å². The lowest BCUT2D eigenvalue weighted by Crippen LogP contribution is -2.40. The summed E-state index contributed by atoms with van der Waals surface area (Å²) < 4.78 is 0. The molecule has 1 heterocycles. The van der Waals surface area contributed by atoms with Crippen molar-refractivity contribution in [3.8, 4) is 0 Å². The van der Waals surface area contributed by atoms with Gasteiger partial charge in [0.25, 0.3) is 0 Å². The molecule has 2 saturated carbocycles. The smallest absolute Gasteiger partial charge is 0.237 e. The van der Waals surface area contributed by atoms with E-state index in [0.717, 1.165) is 18.5 Å². The number of rotatable bonds is 3. The Morgan fingerprint density at radius 2 is 1.85 bits per heavy atom. The van der Waals surface area contributed by atoms with Gasteiger partial charge in [0.1, 0.15) is 0 Å². The third kappa shape index (κ3) is 1.35. The number of nitrogens with zero attached hydrogens (tertiary/aromatic N) is 1. The molecule has 1 aliphatic heterocycles. The molecule has 0 aromatic heterocycles. The number of hydrogen-bond acceptors (Lipinski definition) is 2. The van der Waals surface area contributed by atoms with E-state index in [1.165, 1.54) is 25.7 Å². The molecule has 3 heteroatoms. The van der Waals surface area contributed by atoms with Gasteiger partial charge in [-0.25, -0.2) is 0 Å². The normalized spacial score (nSPS) is 29.0. The maximum Gasteiger partial charge on any atom is 0.237 e. The average Bonchev–Trinajstić information content (AvgIpc) is 2.96. The van der Waals surface area contributed by atoms with Crippen LogP contribution in [0.5, 0.6) is 0 Å². The highest BCUT2D eigenvalue weighted by molar-refractivity contribution is 5.80. The largest absolute Gasteiger partial charge is 0.325 e. The molecule has 1 N–H and O–H groups in total. The van der Waals surface area contributed by atoms with Crippen molar-refractivity contribution in [1.82, 2.24) is 10.2 Å². The molecule has 2 aliphatic carbocycles. The second kappa shape index (κ2) is 2.71. The van der Waals surface area contributed by atoms with Crippen LogP contribution in [0.3, 0.4) is 0 Å². The van der Waals surface area contributed by atoms with Crippen LogP contribution in [0.25, 0.3) is 0 Å². The topological polar surface area (TPSA) is 32.3 Å². The summed E-state index contributed by atoms with van der Waals surface area (Å²) in [7, 11) is 0. The zero-order valence-corrected chi connectivity index (χ0v) is 7.83. The van der Waals surface area contributed by atoms with Crippen LogP contribution < -0.4 is 5.32 Å². The van der Waals surface area contributed by atoms with Crippen LogP contribution >= 0.6 is 0 Å². The highest BCUT2D eigenvalue weighted by atomic mass is 16.2. The molecule has 0 aromatic rings. The SMILES string of the molecule is O=C1CNCN1C(C1CC1)C1CC1. The second-order valence-electron chi connectivity index (χ2n) is 4.61. The van der Waals surface area contributed by atoms with Crippen molar-refractivity contribution < 1.29 is 4.79 Å². The predicted molar refractivity (Wildman–Crippen MR) is 49.0 cm³/mol. The molecule has 1 saturated heterocycles. The fraction of sp³-hybridized carbons (Fsp3) is 0.900. The number of carbonyl (C=O) groups is 1. The molecule has 0 aromatic carbocycles.